The van der Waals surface area contributed by atoms with Crippen molar-refractivity contribution in [1.82, 2.24) is 4.90 Å². The third-order valence-electron chi connectivity index (χ3n) is 4.99. The molecule has 2 saturated heterocycles. The number of nitriles is 1. The average Bonchev–Trinajstić information content (AvgIpc) is 2.62. The van der Waals surface area contributed by atoms with Crippen molar-refractivity contribution in [2.45, 2.75) is 12.8 Å². The standard InChI is InChI=1S/C17H23N5O3/c18-10-14-15(3-4-16(17(14)19)22(23)24)21-5-1-2-13(12-21)11-20-6-8-25-9-7-20/h3-4,13H,1-2,5-9,11-12,19H2/t13-/m1/s1. The fourth-order valence-corrected chi connectivity index (χ4v) is 3.72. The Morgan fingerprint density at radius 1 is 1.36 bits per heavy atom. The highest BCUT2D eigenvalue weighted by Gasteiger charge is 2.27. The number of morpholine rings is 1. The maximum absolute atomic E-state index is 11.0. The zero-order chi connectivity index (χ0) is 17.8. The van der Waals surface area contributed by atoms with Gasteiger partial charge in [-0.1, -0.05) is 0 Å². The van der Waals surface area contributed by atoms with Crippen LogP contribution in [0.4, 0.5) is 17.1 Å². The Balaban J connectivity index is 1.76. The number of piperidine rings is 1. The quantitative estimate of drug-likeness (QED) is 0.501. The zero-order valence-corrected chi connectivity index (χ0v) is 14.2. The van der Waals surface area contributed by atoms with Gasteiger partial charge in [0.15, 0.2) is 0 Å². The Morgan fingerprint density at radius 3 is 2.80 bits per heavy atom. The molecule has 0 aliphatic carbocycles. The molecule has 2 aliphatic heterocycles. The summed E-state index contributed by atoms with van der Waals surface area (Å²) in [5.41, 5.74) is 6.54. The van der Waals surface area contributed by atoms with E-state index in [1.807, 2.05) is 0 Å². The van der Waals surface area contributed by atoms with Crippen molar-refractivity contribution in [3.8, 4) is 6.07 Å². The molecule has 25 heavy (non-hydrogen) atoms. The van der Waals surface area contributed by atoms with Gasteiger partial charge in [-0.25, -0.2) is 0 Å². The van der Waals surface area contributed by atoms with Crippen LogP contribution in [0, 0.1) is 27.4 Å². The normalized spacial score (nSPS) is 21.7. The Labute approximate surface area is 146 Å². The van der Waals surface area contributed by atoms with Gasteiger partial charge < -0.3 is 15.4 Å². The summed E-state index contributed by atoms with van der Waals surface area (Å²) >= 11 is 0. The molecule has 1 atom stereocenters. The van der Waals surface area contributed by atoms with Gasteiger partial charge >= 0.3 is 0 Å². The molecular formula is C17H23N5O3. The molecule has 1 aromatic carbocycles. The van der Waals surface area contributed by atoms with Gasteiger partial charge in [-0.05, 0) is 24.8 Å². The largest absolute Gasteiger partial charge is 0.392 e. The minimum absolute atomic E-state index is 0.0414. The van der Waals surface area contributed by atoms with Crippen LogP contribution in [0.25, 0.3) is 0 Å². The number of nitro groups is 1. The number of nitro benzene ring substituents is 1. The lowest BCUT2D eigenvalue weighted by atomic mass is 9.95. The number of rotatable bonds is 4. The van der Waals surface area contributed by atoms with Gasteiger partial charge in [-0.3, -0.25) is 15.0 Å². The highest BCUT2D eigenvalue weighted by Crippen LogP contribution is 2.34. The number of nitrogens with two attached hydrogens (primary N) is 1. The van der Waals surface area contributed by atoms with Crippen LogP contribution in [0.5, 0.6) is 0 Å². The summed E-state index contributed by atoms with van der Waals surface area (Å²) in [5, 5.41) is 20.5. The second-order valence-corrected chi connectivity index (χ2v) is 6.63. The number of nitrogen functional groups attached to an aromatic ring is 1. The third kappa shape index (κ3) is 3.83. The fraction of sp³-hybridized carbons (Fsp3) is 0.588. The molecule has 8 nitrogen and oxygen atoms in total. The lowest BCUT2D eigenvalue weighted by Gasteiger charge is -2.38. The number of nitrogens with zero attached hydrogens (tertiary/aromatic N) is 4. The smallest absolute Gasteiger partial charge is 0.293 e. The van der Waals surface area contributed by atoms with E-state index in [0.29, 0.717) is 11.6 Å². The van der Waals surface area contributed by atoms with Crippen molar-refractivity contribution in [3.05, 3.63) is 27.8 Å². The molecule has 0 amide bonds. The Bertz CT molecular complexity index is 682. The molecule has 0 unspecified atom stereocenters. The number of hydrogen-bond acceptors (Lipinski definition) is 7. The first-order chi connectivity index (χ1) is 12.1. The van der Waals surface area contributed by atoms with E-state index in [4.69, 9.17) is 10.5 Å². The third-order valence-corrected chi connectivity index (χ3v) is 4.99. The van der Waals surface area contributed by atoms with E-state index in [-0.39, 0.29) is 16.9 Å². The van der Waals surface area contributed by atoms with Crippen LogP contribution in [0.15, 0.2) is 12.1 Å². The first kappa shape index (κ1) is 17.5. The molecular weight excluding hydrogens is 322 g/mol. The van der Waals surface area contributed by atoms with E-state index >= 15 is 0 Å². The number of hydrogen-bond donors (Lipinski definition) is 1. The Hall–Kier alpha value is -2.37. The molecule has 2 aliphatic rings. The second-order valence-electron chi connectivity index (χ2n) is 6.63. The summed E-state index contributed by atoms with van der Waals surface area (Å²) < 4.78 is 5.40. The Morgan fingerprint density at radius 2 is 2.12 bits per heavy atom. The highest BCUT2D eigenvalue weighted by molar-refractivity contribution is 5.77. The first-order valence-electron chi connectivity index (χ1n) is 8.62. The predicted molar refractivity (Wildman–Crippen MR) is 94.4 cm³/mol. The summed E-state index contributed by atoms with van der Waals surface area (Å²) in [7, 11) is 0. The molecule has 0 spiro atoms. The molecule has 2 N–H and O–H groups in total. The molecule has 2 fully saturated rings. The van der Waals surface area contributed by atoms with Crippen LogP contribution in [0.1, 0.15) is 18.4 Å². The summed E-state index contributed by atoms with van der Waals surface area (Å²) in [6.45, 7) is 6.19. The summed E-state index contributed by atoms with van der Waals surface area (Å²) in [6, 6.07) is 5.11. The monoisotopic (exact) mass is 345 g/mol. The van der Waals surface area contributed by atoms with Crippen molar-refractivity contribution < 1.29 is 9.66 Å². The summed E-state index contributed by atoms with van der Waals surface area (Å²) in [4.78, 5) is 15.1. The van der Waals surface area contributed by atoms with E-state index in [9.17, 15) is 15.4 Å². The molecule has 3 rings (SSSR count). The minimum Gasteiger partial charge on any atom is -0.392 e. The van der Waals surface area contributed by atoms with Crippen LogP contribution in [-0.4, -0.2) is 55.8 Å². The zero-order valence-electron chi connectivity index (χ0n) is 14.2. The van der Waals surface area contributed by atoms with Gasteiger partial charge in [0.05, 0.1) is 23.8 Å². The fourth-order valence-electron chi connectivity index (χ4n) is 3.72. The highest BCUT2D eigenvalue weighted by atomic mass is 16.6. The lowest BCUT2D eigenvalue weighted by molar-refractivity contribution is -0.383. The van der Waals surface area contributed by atoms with Crippen molar-refractivity contribution >= 4 is 17.1 Å². The number of ether oxygens (including phenoxy) is 1. The van der Waals surface area contributed by atoms with Crippen LogP contribution in [-0.2, 0) is 4.74 Å². The summed E-state index contributed by atoms with van der Waals surface area (Å²) in [5.74, 6) is 0.509. The molecule has 1 aromatic rings. The van der Waals surface area contributed by atoms with Crippen LogP contribution in [0.2, 0.25) is 0 Å². The van der Waals surface area contributed by atoms with Crippen LogP contribution >= 0.6 is 0 Å². The molecule has 0 bridgehead atoms. The molecule has 0 radical (unpaired) electrons. The van der Waals surface area contributed by atoms with Crippen molar-refractivity contribution in [2.24, 2.45) is 5.92 Å². The van der Waals surface area contributed by atoms with Gasteiger partial charge in [0.25, 0.3) is 5.69 Å². The van der Waals surface area contributed by atoms with Crippen molar-refractivity contribution in [3.63, 3.8) is 0 Å². The number of anilines is 2. The Kier molecular flexibility index (Phi) is 5.36. The number of benzene rings is 1. The SMILES string of the molecule is N#Cc1c(N2CCC[C@H](CN3CCOCC3)C2)ccc([N+](=O)[O-])c1N. The van der Waals surface area contributed by atoms with Gasteiger partial charge in [0, 0.05) is 38.8 Å². The minimum atomic E-state index is -0.544. The van der Waals surface area contributed by atoms with E-state index in [1.54, 1.807) is 6.07 Å². The molecule has 0 aromatic heterocycles. The second kappa shape index (κ2) is 7.68. The van der Waals surface area contributed by atoms with E-state index in [2.05, 4.69) is 15.9 Å². The van der Waals surface area contributed by atoms with Crippen LogP contribution < -0.4 is 10.6 Å². The van der Waals surface area contributed by atoms with Gasteiger partial charge in [0.2, 0.25) is 0 Å². The van der Waals surface area contributed by atoms with Crippen LogP contribution in [0.3, 0.4) is 0 Å². The topological polar surface area (TPSA) is 109 Å². The van der Waals surface area contributed by atoms with E-state index < -0.39 is 4.92 Å². The van der Waals surface area contributed by atoms with E-state index in [1.165, 1.54) is 6.07 Å². The maximum atomic E-state index is 11.0. The van der Waals surface area contributed by atoms with Crippen molar-refractivity contribution in [1.29, 1.82) is 5.26 Å². The molecule has 8 heteroatoms. The maximum Gasteiger partial charge on any atom is 0.293 e. The lowest BCUT2D eigenvalue weighted by Crippen LogP contribution is -2.44. The summed E-state index contributed by atoms with van der Waals surface area (Å²) in [6.07, 6.45) is 2.19. The molecule has 2 heterocycles. The van der Waals surface area contributed by atoms with E-state index in [0.717, 1.165) is 58.8 Å². The van der Waals surface area contributed by atoms with Crippen molar-refractivity contribution in [2.75, 3.05) is 56.6 Å². The first-order valence-corrected chi connectivity index (χ1v) is 8.62. The van der Waals surface area contributed by atoms with Gasteiger partial charge in [-0.15, -0.1) is 0 Å². The molecule has 0 saturated carbocycles. The van der Waals surface area contributed by atoms with Gasteiger partial charge in [0.1, 0.15) is 17.3 Å². The predicted octanol–water partition coefficient (Wildman–Crippen LogP) is 1.60. The molecule has 134 valence electrons. The average molecular weight is 345 g/mol. The van der Waals surface area contributed by atoms with Gasteiger partial charge in [-0.2, -0.15) is 5.26 Å².